The molecule has 0 aliphatic carbocycles. The molecule has 0 spiro atoms. The molecular formula is C9H12ClNO3. The second kappa shape index (κ2) is 5.14. The second-order valence-corrected chi connectivity index (χ2v) is 3.28. The van der Waals surface area contributed by atoms with Crippen LogP contribution in [0.1, 0.15) is 18.2 Å². The lowest BCUT2D eigenvalue weighted by Gasteiger charge is -2.16. The highest BCUT2D eigenvalue weighted by Gasteiger charge is 2.21. The molecule has 1 aromatic rings. The molecule has 14 heavy (non-hydrogen) atoms. The van der Waals surface area contributed by atoms with E-state index in [0.717, 1.165) is 0 Å². The van der Waals surface area contributed by atoms with E-state index in [-0.39, 0.29) is 23.7 Å². The van der Waals surface area contributed by atoms with Crippen LogP contribution in [0, 0.1) is 0 Å². The Balaban J connectivity index is 2.78. The first-order valence-electron chi connectivity index (χ1n) is 4.22. The first-order valence-corrected chi connectivity index (χ1v) is 4.76. The Bertz CT molecular complexity index is 295. The summed E-state index contributed by atoms with van der Waals surface area (Å²) >= 11 is 5.41. The molecule has 2 unspecified atom stereocenters. The van der Waals surface area contributed by atoms with Gasteiger partial charge < -0.3 is 15.3 Å². The van der Waals surface area contributed by atoms with Gasteiger partial charge in [-0.25, -0.2) is 0 Å². The van der Waals surface area contributed by atoms with Crippen LogP contribution in [-0.2, 0) is 0 Å². The van der Waals surface area contributed by atoms with Gasteiger partial charge in [-0.15, -0.1) is 11.6 Å². The highest BCUT2D eigenvalue weighted by Crippen LogP contribution is 2.24. The quantitative estimate of drug-likeness (QED) is 0.653. The summed E-state index contributed by atoms with van der Waals surface area (Å²) < 4.78 is 0. The minimum absolute atomic E-state index is 0.0742. The molecule has 0 fully saturated rings. The molecule has 0 saturated heterocycles. The molecule has 0 aliphatic heterocycles. The Morgan fingerprint density at radius 1 is 1.43 bits per heavy atom. The maximum atomic E-state index is 9.57. The number of nitrogens with zero attached hydrogens (tertiary/aromatic N) is 1. The van der Waals surface area contributed by atoms with Gasteiger partial charge in [0, 0.05) is 12.1 Å². The Kier molecular flexibility index (Phi) is 4.13. The summed E-state index contributed by atoms with van der Waals surface area (Å²) in [6.45, 7) is 0. The second-order valence-electron chi connectivity index (χ2n) is 2.90. The van der Waals surface area contributed by atoms with E-state index in [4.69, 9.17) is 11.6 Å². The van der Waals surface area contributed by atoms with Gasteiger partial charge in [-0.05, 0) is 18.6 Å². The zero-order valence-electron chi connectivity index (χ0n) is 7.47. The van der Waals surface area contributed by atoms with Crippen LogP contribution in [-0.4, -0.2) is 32.3 Å². The van der Waals surface area contributed by atoms with Crippen molar-refractivity contribution in [1.29, 1.82) is 0 Å². The van der Waals surface area contributed by atoms with Gasteiger partial charge in [0.1, 0.15) is 17.5 Å². The van der Waals surface area contributed by atoms with E-state index in [1.165, 1.54) is 12.3 Å². The smallest absolute Gasteiger partial charge is 0.139 e. The third-order valence-electron chi connectivity index (χ3n) is 1.87. The minimum Gasteiger partial charge on any atom is -0.506 e. The van der Waals surface area contributed by atoms with Crippen molar-refractivity contribution in [3.05, 3.63) is 24.0 Å². The Hall–Kier alpha value is -0.840. The molecule has 0 aliphatic rings. The number of hydrogen-bond donors (Lipinski definition) is 3. The molecule has 1 heterocycles. The molecule has 0 aromatic carbocycles. The lowest BCUT2D eigenvalue weighted by atomic mass is 10.1. The number of aliphatic hydroxyl groups excluding tert-OH is 2. The molecule has 3 N–H and O–H groups in total. The summed E-state index contributed by atoms with van der Waals surface area (Å²) in [6.07, 6.45) is -0.520. The van der Waals surface area contributed by atoms with Crippen LogP contribution in [0.2, 0.25) is 0 Å². The van der Waals surface area contributed by atoms with Crippen molar-refractivity contribution >= 4 is 11.6 Å². The number of rotatable bonds is 4. The van der Waals surface area contributed by atoms with Crippen LogP contribution >= 0.6 is 11.6 Å². The number of aromatic nitrogens is 1. The summed E-state index contributed by atoms with van der Waals surface area (Å²) in [7, 11) is 0. The third kappa shape index (κ3) is 2.57. The normalized spacial score (nSPS) is 15.1. The van der Waals surface area contributed by atoms with Gasteiger partial charge in [0.2, 0.25) is 0 Å². The molecule has 0 amide bonds. The molecule has 0 bridgehead atoms. The van der Waals surface area contributed by atoms with Gasteiger partial charge in [-0.2, -0.15) is 0 Å². The third-order valence-corrected chi connectivity index (χ3v) is 2.08. The van der Waals surface area contributed by atoms with Crippen molar-refractivity contribution in [2.24, 2.45) is 0 Å². The predicted molar refractivity (Wildman–Crippen MR) is 52.2 cm³/mol. The van der Waals surface area contributed by atoms with Crippen LogP contribution in [0.3, 0.4) is 0 Å². The average molecular weight is 218 g/mol. The number of halogens is 1. The Labute approximate surface area is 86.8 Å². The van der Waals surface area contributed by atoms with Crippen molar-refractivity contribution < 1.29 is 15.3 Å². The van der Waals surface area contributed by atoms with E-state index >= 15 is 0 Å². The van der Waals surface area contributed by atoms with Crippen LogP contribution in [0.25, 0.3) is 0 Å². The molecule has 2 atom stereocenters. The molecule has 1 aromatic heterocycles. The van der Waals surface area contributed by atoms with E-state index in [2.05, 4.69) is 4.98 Å². The van der Waals surface area contributed by atoms with Crippen LogP contribution in [0.15, 0.2) is 18.3 Å². The van der Waals surface area contributed by atoms with Crippen molar-refractivity contribution in [3.63, 3.8) is 0 Å². The Morgan fingerprint density at radius 3 is 2.71 bits per heavy atom. The number of aliphatic hydroxyl groups is 2. The summed E-state index contributed by atoms with van der Waals surface area (Å²) in [5.41, 5.74) is 0.0742. The number of alkyl halides is 1. The van der Waals surface area contributed by atoms with Crippen LogP contribution in [0.5, 0.6) is 5.75 Å². The lowest BCUT2D eigenvalue weighted by Crippen LogP contribution is -2.19. The highest BCUT2D eigenvalue weighted by molar-refractivity contribution is 6.17. The van der Waals surface area contributed by atoms with Crippen LogP contribution in [0.4, 0.5) is 0 Å². The van der Waals surface area contributed by atoms with Crippen molar-refractivity contribution in [2.75, 3.05) is 5.88 Å². The summed E-state index contributed by atoms with van der Waals surface area (Å²) in [4.78, 5) is 3.78. The SMILES string of the molecule is Oc1cccnc1C(O)C(O)CCCl. The highest BCUT2D eigenvalue weighted by atomic mass is 35.5. The standard InChI is InChI=1S/C9H12ClNO3/c10-4-3-7(13)9(14)8-6(12)2-1-5-11-8/h1-2,5,7,9,12-14H,3-4H2. The first kappa shape index (κ1) is 11.2. The first-order chi connectivity index (χ1) is 6.66. The zero-order valence-corrected chi connectivity index (χ0v) is 8.22. The van der Waals surface area contributed by atoms with E-state index in [1.807, 2.05) is 0 Å². The molecule has 1 rings (SSSR count). The summed E-state index contributed by atoms with van der Waals surface area (Å²) in [5, 5.41) is 28.3. The number of pyridine rings is 1. The van der Waals surface area contributed by atoms with Crippen LogP contribution < -0.4 is 0 Å². The van der Waals surface area contributed by atoms with E-state index < -0.39 is 12.2 Å². The van der Waals surface area contributed by atoms with Crippen molar-refractivity contribution in [3.8, 4) is 5.75 Å². The summed E-state index contributed by atoms with van der Waals surface area (Å²) in [6, 6.07) is 2.94. The predicted octanol–water partition coefficient (Wildman–Crippen LogP) is 0.810. The molecular weight excluding hydrogens is 206 g/mol. The van der Waals surface area contributed by atoms with Gasteiger partial charge in [0.25, 0.3) is 0 Å². The fourth-order valence-corrected chi connectivity index (χ4v) is 1.31. The minimum atomic E-state index is -1.20. The zero-order chi connectivity index (χ0) is 10.6. The van der Waals surface area contributed by atoms with Crippen molar-refractivity contribution in [1.82, 2.24) is 4.98 Å². The average Bonchev–Trinajstić information content (AvgIpc) is 2.18. The molecule has 78 valence electrons. The van der Waals surface area contributed by atoms with Gasteiger partial charge in [0.15, 0.2) is 0 Å². The molecule has 4 nitrogen and oxygen atoms in total. The van der Waals surface area contributed by atoms with E-state index in [9.17, 15) is 15.3 Å². The van der Waals surface area contributed by atoms with Gasteiger partial charge >= 0.3 is 0 Å². The fraction of sp³-hybridized carbons (Fsp3) is 0.444. The fourth-order valence-electron chi connectivity index (χ4n) is 1.09. The largest absolute Gasteiger partial charge is 0.506 e. The van der Waals surface area contributed by atoms with Gasteiger partial charge in [-0.3, -0.25) is 4.98 Å². The number of hydrogen-bond acceptors (Lipinski definition) is 4. The lowest BCUT2D eigenvalue weighted by molar-refractivity contribution is 0.0130. The maximum absolute atomic E-state index is 9.57. The number of aromatic hydroxyl groups is 1. The van der Waals surface area contributed by atoms with E-state index in [1.54, 1.807) is 6.07 Å². The monoisotopic (exact) mass is 217 g/mol. The Morgan fingerprint density at radius 2 is 2.14 bits per heavy atom. The maximum Gasteiger partial charge on any atom is 0.139 e. The molecule has 0 radical (unpaired) electrons. The van der Waals surface area contributed by atoms with Gasteiger partial charge in [0.05, 0.1) is 6.10 Å². The molecule has 0 saturated carbocycles. The topological polar surface area (TPSA) is 73.6 Å². The summed E-state index contributed by atoms with van der Waals surface area (Å²) in [5.74, 6) is 0.111. The van der Waals surface area contributed by atoms with Gasteiger partial charge in [-0.1, -0.05) is 0 Å². The van der Waals surface area contributed by atoms with Crippen molar-refractivity contribution in [2.45, 2.75) is 18.6 Å². The van der Waals surface area contributed by atoms with E-state index in [0.29, 0.717) is 0 Å². The molecule has 5 heteroatoms.